The Balaban J connectivity index is 2.50. The molecule has 5 nitrogen and oxygen atoms in total. The molecule has 0 unspecified atom stereocenters. The van der Waals surface area contributed by atoms with E-state index in [2.05, 4.69) is 16.6 Å². The van der Waals surface area contributed by atoms with Gasteiger partial charge in [0, 0.05) is 25.8 Å². The molecule has 0 aliphatic carbocycles. The van der Waals surface area contributed by atoms with Crippen molar-refractivity contribution in [2.45, 2.75) is 24.2 Å². The fourth-order valence-corrected chi connectivity index (χ4v) is 2.77. The summed E-state index contributed by atoms with van der Waals surface area (Å²) in [6.07, 6.45) is 2.63. The number of sulfonamides is 1. The lowest BCUT2D eigenvalue weighted by molar-refractivity contribution is 0.192. The minimum absolute atomic E-state index is 0.217. The molecule has 0 radical (unpaired) electrons. The largest absolute Gasteiger partial charge is 0.385 e. The summed E-state index contributed by atoms with van der Waals surface area (Å²) in [6.45, 7) is 0.895. The highest BCUT2D eigenvalue weighted by molar-refractivity contribution is 7.89. The van der Waals surface area contributed by atoms with Crippen molar-refractivity contribution in [3.05, 3.63) is 29.8 Å². The van der Waals surface area contributed by atoms with Crippen LogP contribution in [-0.4, -0.2) is 40.4 Å². The fourth-order valence-electron chi connectivity index (χ4n) is 1.70. The van der Waals surface area contributed by atoms with Gasteiger partial charge in [-0.3, -0.25) is 0 Å². The lowest BCUT2D eigenvalue weighted by Gasteiger charge is -2.06. The first kappa shape index (κ1) is 17.7. The van der Waals surface area contributed by atoms with Crippen LogP contribution in [0.15, 0.2) is 29.2 Å². The third-order valence-corrected chi connectivity index (χ3v) is 4.27. The van der Waals surface area contributed by atoms with Crippen molar-refractivity contribution < 1.29 is 18.3 Å². The summed E-state index contributed by atoms with van der Waals surface area (Å²) < 4.78 is 31.6. The zero-order valence-electron chi connectivity index (χ0n) is 12.1. The van der Waals surface area contributed by atoms with Crippen LogP contribution in [-0.2, 0) is 14.8 Å². The molecular weight excluding hydrogens is 290 g/mol. The normalized spacial score (nSPS) is 11.0. The summed E-state index contributed by atoms with van der Waals surface area (Å²) in [6, 6.07) is 6.26. The van der Waals surface area contributed by atoms with Crippen LogP contribution in [0.3, 0.4) is 0 Å². The fraction of sp³-hybridized carbons (Fsp3) is 0.467. The van der Waals surface area contributed by atoms with Crippen LogP contribution in [0.2, 0.25) is 0 Å². The highest BCUT2D eigenvalue weighted by Crippen LogP contribution is 2.10. The smallest absolute Gasteiger partial charge is 0.240 e. The first-order valence-electron chi connectivity index (χ1n) is 6.78. The molecule has 2 N–H and O–H groups in total. The molecule has 0 bridgehead atoms. The van der Waals surface area contributed by atoms with Gasteiger partial charge < -0.3 is 9.84 Å². The summed E-state index contributed by atoms with van der Waals surface area (Å²) >= 11 is 0. The van der Waals surface area contributed by atoms with Gasteiger partial charge in [-0.2, -0.15) is 0 Å². The monoisotopic (exact) mass is 311 g/mol. The molecule has 1 aromatic carbocycles. The van der Waals surface area contributed by atoms with E-state index in [1.165, 1.54) is 12.1 Å². The van der Waals surface area contributed by atoms with Gasteiger partial charge in [0.15, 0.2) is 0 Å². The summed E-state index contributed by atoms with van der Waals surface area (Å²) in [4.78, 5) is 0.217. The van der Waals surface area contributed by atoms with E-state index in [1.54, 1.807) is 19.2 Å². The molecule has 21 heavy (non-hydrogen) atoms. The molecule has 1 rings (SSSR count). The van der Waals surface area contributed by atoms with Gasteiger partial charge in [0.25, 0.3) is 0 Å². The van der Waals surface area contributed by atoms with Gasteiger partial charge in [-0.05, 0) is 43.5 Å². The summed E-state index contributed by atoms with van der Waals surface area (Å²) in [5, 5.41) is 8.60. The lowest BCUT2D eigenvalue weighted by Crippen LogP contribution is -2.24. The first-order valence-corrected chi connectivity index (χ1v) is 8.27. The number of methoxy groups -OCH3 is 1. The first-order chi connectivity index (χ1) is 10.1. The number of hydrogen-bond donors (Lipinski definition) is 2. The number of aliphatic hydroxyl groups is 1. The topological polar surface area (TPSA) is 75.6 Å². The van der Waals surface area contributed by atoms with Crippen molar-refractivity contribution in [2.75, 3.05) is 26.9 Å². The van der Waals surface area contributed by atoms with Crippen molar-refractivity contribution in [1.29, 1.82) is 0 Å². The third-order valence-electron chi connectivity index (χ3n) is 2.79. The Hall–Kier alpha value is -1.39. The number of hydrogen-bond acceptors (Lipinski definition) is 4. The lowest BCUT2D eigenvalue weighted by atomic mass is 10.2. The second-order valence-electron chi connectivity index (χ2n) is 4.44. The van der Waals surface area contributed by atoms with Gasteiger partial charge in [0.1, 0.15) is 6.61 Å². The van der Waals surface area contributed by atoms with Gasteiger partial charge in [0.05, 0.1) is 4.90 Å². The van der Waals surface area contributed by atoms with Crippen LogP contribution < -0.4 is 4.72 Å². The zero-order valence-corrected chi connectivity index (χ0v) is 12.9. The minimum atomic E-state index is -3.47. The van der Waals surface area contributed by atoms with Crippen molar-refractivity contribution >= 4 is 10.0 Å². The van der Waals surface area contributed by atoms with Crippen LogP contribution in [0, 0.1) is 11.8 Å². The summed E-state index contributed by atoms with van der Waals surface area (Å²) in [5.74, 6) is 5.23. The van der Waals surface area contributed by atoms with Gasteiger partial charge in [-0.25, -0.2) is 13.1 Å². The third kappa shape index (κ3) is 6.74. The molecule has 0 aliphatic rings. The number of nitrogens with one attached hydrogen (secondary N) is 1. The minimum Gasteiger partial charge on any atom is -0.385 e. The zero-order chi connectivity index (χ0) is 15.6. The van der Waals surface area contributed by atoms with Gasteiger partial charge >= 0.3 is 0 Å². The second kappa shape index (κ2) is 9.53. The molecule has 0 spiro atoms. The SMILES string of the molecule is COCCCCCNS(=O)(=O)c1ccc(C#CCO)cc1. The number of ether oxygens (including phenoxy) is 1. The molecule has 0 heterocycles. The number of benzene rings is 1. The standard InChI is InChI=1S/C15H21NO4S/c1-20-13-4-2-3-11-16-21(18,19)15-9-7-14(8-10-15)6-5-12-17/h7-10,16-17H,2-4,11-13H2,1H3. The van der Waals surface area contributed by atoms with Crippen LogP contribution in [0.1, 0.15) is 24.8 Å². The molecule has 6 heteroatoms. The van der Waals surface area contributed by atoms with Crippen LogP contribution in [0.25, 0.3) is 0 Å². The van der Waals surface area contributed by atoms with Gasteiger partial charge in [-0.1, -0.05) is 11.8 Å². The van der Waals surface area contributed by atoms with Crippen molar-refractivity contribution in [1.82, 2.24) is 4.72 Å². The average Bonchev–Trinajstić information content (AvgIpc) is 2.49. The average molecular weight is 311 g/mol. The van der Waals surface area contributed by atoms with E-state index in [0.717, 1.165) is 19.3 Å². The molecule has 0 aromatic heterocycles. The van der Waals surface area contributed by atoms with E-state index < -0.39 is 10.0 Å². The van der Waals surface area contributed by atoms with E-state index in [0.29, 0.717) is 18.7 Å². The quantitative estimate of drug-likeness (QED) is 0.557. The number of unbranched alkanes of at least 4 members (excludes halogenated alkanes) is 2. The maximum Gasteiger partial charge on any atom is 0.240 e. The molecule has 0 atom stereocenters. The predicted octanol–water partition coefficient (Wildman–Crippen LogP) is 1.13. The van der Waals surface area contributed by atoms with Crippen LogP contribution in [0.5, 0.6) is 0 Å². The maximum absolute atomic E-state index is 12.0. The molecule has 0 saturated carbocycles. The number of rotatable bonds is 8. The molecule has 0 amide bonds. The molecule has 0 fully saturated rings. The van der Waals surface area contributed by atoms with E-state index in [-0.39, 0.29) is 11.5 Å². The van der Waals surface area contributed by atoms with E-state index in [9.17, 15) is 8.42 Å². The van der Waals surface area contributed by atoms with Crippen molar-refractivity contribution in [2.24, 2.45) is 0 Å². The van der Waals surface area contributed by atoms with E-state index in [1.807, 2.05) is 0 Å². The Bertz CT molecular complexity index is 570. The molecule has 0 aliphatic heterocycles. The molecular formula is C15H21NO4S. The Kier molecular flexibility index (Phi) is 8.01. The Morgan fingerprint density at radius 1 is 1.19 bits per heavy atom. The van der Waals surface area contributed by atoms with Gasteiger partial charge in [0.2, 0.25) is 10.0 Å². The predicted molar refractivity (Wildman–Crippen MR) is 81.3 cm³/mol. The second-order valence-corrected chi connectivity index (χ2v) is 6.20. The van der Waals surface area contributed by atoms with Crippen LogP contribution >= 0.6 is 0 Å². The Labute approximate surface area is 126 Å². The summed E-state index contributed by atoms with van der Waals surface area (Å²) in [5.41, 5.74) is 0.669. The van der Waals surface area contributed by atoms with Gasteiger partial charge in [-0.15, -0.1) is 0 Å². The molecule has 1 aromatic rings. The highest BCUT2D eigenvalue weighted by atomic mass is 32.2. The maximum atomic E-state index is 12.0. The summed E-state index contributed by atoms with van der Waals surface area (Å²) in [7, 11) is -1.82. The number of aliphatic hydroxyl groups excluding tert-OH is 1. The van der Waals surface area contributed by atoms with Crippen LogP contribution in [0.4, 0.5) is 0 Å². The van der Waals surface area contributed by atoms with E-state index >= 15 is 0 Å². The Morgan fingerprint density at radius 3 is 2.52 bits per heavy atom. The van der Waals surface area contributed by atoms with Crippen molar-refractivity contribution in [3.63, 3.8) is 0 Å². The molecule has 0 saturated heterocycles. The molecule has 116 valence electrons. The Morgan fingerprint density at radius 2 is 1.90 bits per heavy atom. The van der Waals surface area contributed by atoms with E-state index in [4.69, 9.17) is 9.84 Å². The van der Waals surface area contributed by atoms with Crippen molar-refractivity contribution in [3.8, 4) is 11.8 Å². The highest BCUT2D eigenvalue weighted by Gasteiger charge is 2.12.